The van der Waals surface area contributed by atoms with Crippen molar-refractivity contribution in [3.8, 4) is 0 Å². The fourth-order valence-electron chi connectivity index (χ4n) is 3.86. The van der Waals surface area contributed by atoms with E-state index < -0.39 is 5.66 Å². The van der Waals surface area contributed by atoms with Gasteiger partial charge >= 0.3 is 0 Å². The Balaban J connectivity index is 1.83. The number of nitrogens with zero attached hydrogens (tertiary/aromatic N) is 2. The van der Waals surface area contributed by atoms with Gasteiger partial charge in [0.2, 0.25) is 11.6 Å². The summed E-state index contributed by atoms with van der Waals surface area (Å²) in [5, 5.41) is 2.92. The molecular formula is C20H19N3O3. The highest BCUT2D eigenvalue weighted by molar-refractivity contribution is 6.18. The molecule has 0 unspecified atom stereocenters. The number of hydrogen-bond donors (Lipinski definition) is 1. The lowest BCUT2D eigenvalue weighted by molar-refractivity contribution is -0.128. The Bertz CT molecular complexity index is 939. The number of likely N-dealkylation sites (N-methyl/N-ethyl adjacent to an activating group) is 1. The maximum atomic E-state index is 13.3. The molecule has 2 aromatic rings. The standard InChI is InChI=1S/C20H19N3O3/c1-13-7-3-5-9-15(13)21-19(26)20-12-11-17(24)23(20)16-10-6-4-8-14(16)18(25)22(20)2/h3-10H,11-12H2,1-2H3,(H,21,26)/t20-/m1/s1. The van der Waals surface area contributed by atoms with E-state index in [-0.39, 0.29) is 30.6 Å². The number of rotatable bonds is 2. The third-order valence-electron chi connectivity index (χ3n) is 5.30. The van der Waals surface area contributed by atoms with Crippen LogP contribution in [0.3, 0.4) is 0 Å². The first-order valence-electron chi connectivity index (χ1n) is 8.54. The summed E-state index contributed by atoms with van der Waals surface area (Å²) in [6, 6.07) is 14.4. The second-order valence-corrected chi connectivity index (χ2v) is 6.70. The van der Waals surface area contributed by atoms with Crippen LogP contribution in [0.1, 0.15) is 28.8 Å². The lowest BCUT2D eigenvalue weighted by Crippen LogP contribution is -2.68. The monoisotopic (exact) mass is 349 g/mol. The van der Waals surface area contributed by atoms with Gasteiger partial charge in [-0.2, -0.15) is 0 Å². The molecule has 2 aliphatic heterocycles. The topological polar surface area (TPSA) is 69.7 Å². The third-order valence-corrected chi connectivity index (χ3v) is 5.30. The van der Waals surface area contributed by atoms with Gasteiger partial charge in [-0.05, 0) is 30.7 Å². The molecule has 0 bridgehead atoms. The molecule has 26 heavy (non-hydrogen) atoms. The van der Waals surface area contributed by atoms with Gasteiger partial charge in [0.05, 0.1) is 11.3 Å². The van der Waals surface area contributed by atoms with Crippen molar-refractivity contribution in [3.63, 3.8) is 0 Å². The molecule has 2 aliphatic rings. The Morgan fingerprint density at radius 2 is 1.77 bits per heavy atom. The van der Waals surface area contributed by atoms with Crippen LogP contribution in [0.2, 0.25) is 0 Å². The van der Waals surface area contributed by atoms with E-state index >= 15 is 0 Å². The average molecular weight is 349 g/mol. The number of anilines is 2. The van der Waals surface area contributed by atoms with Gasteiger partial charge in [-0.1, -0.05) is 30.3 Å². The van der Waals surface area contributed by atoms with Crippen molar-refractivity contribution in [2.24, 2.45) is 0 Å². The lowest BCUT2D eigenvalue weighted by Gasteiger charge is -2.47. The van der Waals surface area contributed by atoms with Crippen LogP contribution in [0.4, 0.5) is 11.4 Å². The SMILES string of the molecule is Cc1ccccc1NC(=O)[C@@]12CCC(=O)N1c1ccccc1C(=O)N2C. The predicted molar refractivity (Wildman–Crippen MR) is 97.8 cm³/mol. The average Bonchev–Trinajstić information content (AvgIpc) is 3.00. The molecule has 132 valence electrons. The molecule has 0 radical (unpaired) electrons. The fourth-order valence-corrected chi connectivity index (χ4v) is 3.86. The van der Waals surface area contributed by atoms with E-state index in [4.69, 9.17) is 0 Å². The molecule has 2 aromatic carbocycles. The molecule has 1 fully saturated rings. The number of fused-ring (bicyclic) bond motifs is 3. The summed E-state index contributed by atoms with van der Waals surface area (Å²) in [6.07, 6.45) is 0.479. The molecule has 0 saturated carbocycles. The van der Waals surface area contributed by atoms with Gasteiger partial charge < -0.3 is 10.2 Å². The lowest BCUT2D eigenvalue weighted by atomic mass is 9.96. The molecule has 2 heterocycles. The Morgan fingerprint density at radius 3 is 2.54 bits per heavy atom. The molecule has 1 atom stereocenters. The molecule has 1 saturated heterocycles. The Kier molecular flexibility index (Phi) is 3.57. The maximum absolute atomic E-state index is 13.3. The van der Waals surface area contributed by atoms with E-state index in [9.17, 15) is 14.4 Å². The van der Waals surface area contributed by atoms with E-state index in [0.717, 1.165) is 5.56 Å². The second-order valence-electron chi connectivity index (χ2n) is 6.70. The van der Waals surface area contributed by atoms with E-state index in [1.807, 2.05) is 31.2 Å². The number of benzene rings is 2. The van der Waals surface area contributed by atoms with Gasteiger partial charge in [0.1, 0.15) is 0 Å². The van der Waals surface area contributed by atoms with Gasteiger partial charge in [-0.3, -0.25) is 19.3 Å². The summed E-state index contributed by atoms with van der Waals surface area (Å²) in [7, 11) is 1.58. The van der Waals surface area contributed by atoms with Crippen LogP contribution in [0.15, 0.2) is 48.5 Å². The number of amides is 3. The van der Waals surface area contributed by atoms with Crippen molar-refractivity contribution < 1.29 is 14.4 Å². The van der Waals surface area contributed by atoms with Crippen LogP contribution in [-0.4, -0.2) is 35.3 Å². The summed E-state index contributed by atoms with van der Waals surface area (Å²) in [6.45, 7) is 1.90. The molecule has 4 rings (SSSR count). The van der Waals surface area contributed by atoms with Gasteiger partial charge in [0.15, 0.2) is 0 Å². The van der Waals surface area contributed by atoms with Gasteiger partial charge in [-0.25, -0.2) is 0 Å². The number of para-hydroxylation sites is 2. The summed E-state index contributed by atoms with van der Waals surface area (Å²) in [5.74, 6) is -0.786. The summed E-state index contributed by atoms with van der Waals surface area (Å²) in [4.78, 5) is 41.8. The Morgan fingerprint density at radius 1 is 1.08 bits per heavy atom. The highest BCUT2D eigenvalue weighted by Gasteiger charge is 2.59. The zero-order valence-electron chi connectivity index (χ0n) is 14.7. The van der Waals surface area contributed by atoms with Crippen LogP contribution >= 0.6 is 0 Å². The van der Waals surface area contributed by atoms with Crippen molar-refractivity contribution in [2.75, 3.05) is 17.3 Å². The van der Waals surface area contributed by atoms with E-state index in [0.29, 0.717) is 16.9 Å². The van der Waals surface area contributed by atoms with Crippen LogP contribution in [0, 0.1) is 6.92 Å². The third kappa shape index (κ3) is 2.08. The molecule has 1 N–H and O–H groups in total. The van der Waals surface area contributed by atoms with Crippen LogP contribution < -0.4 is 10.2 Å². The summed E-state index contributed by atoms with van der Waals surface area (Å²) < 4.78 is 0. The summed E-state index contributed by atoms with van der Waals surface area (Å²) >= 11 is 0. The molecule has 3 amide bonds. The van der Waals surface area contributed by atoms with Crippen molar-refractivity contribution >= 4 is 29.1 Å². The Hall–Kier alpha value is -3.15. The fraction of sp³-hybridized carbons (Fsp3) is 0.250. The number of aryl methyl sites for hydroxylation is 1. The summed E-state index contributed by atoms with van der Waals surface area (Å²) in [5.41, 5.74) is 1.18. The molecule has 6 nitrogen and oxygen atoms in total. The zero-order valence-corrected chi connectivity index (χ0v) is 14.7. The van der Waals surface area contributed by atoms with E-state index in [1.54, 1.807) is 31.3 Å². The van der Waals surface area contributed by atoms with Crippen molar-refractivity contribution in [1.82, 2.24) is 4.90 Å². The first-order valence-corrected chi connectivity index (χ1v) is 8.54. The minimum Gasteiger partial charge on any atom is -0.322 e. The molecule has 0 spiro atoms. The highest BCUT2D eigenvalue weighted by Crippen LogP contribution is 2.44. The van der Waals surface area contributed by atoms with Gasteiger partial charge in [0.25, 0.3) is 11.8 Å². The van der Waals surface area contributed by atoms with Crippen molar-refractivity contribution in [2.45, 2.75) is 25.4 Å². The number of carbonyl (C=O) groups excluding carboxylic acids is 3. The van der Waals surface area contributed by atoms with E-state index in [2.05, 4.69) is 5.32 Å². The minimum atomic E-state index is -1.34. The molecule has 6 heteroatoms. The predicted octanol–water partition coefficient (Wildman–Crippen LogP) is 2.54. The first kappa shape index (κ1) is 16.3. The maximum Gasteiger partial charge on any atom is 0.271 e. The van der Waals surface area contributed by atoms with Crippen LogP contribution in [-0.2, 0) is 9.59 Å². The second kappa shape index (κ2) is 5.69. The normalized spacial score (nSPS) is 21.5. The smallest absolute Gasteiger partial charge is 0.271 e. The number of nitrogens with one attached hydrogen (secondary N) is 1. The van der Waals surface area contributed by atoms with Crippen LogP contribution in [0.25, 0.3) is 0 Å². The quantitative estimate of drug-likeness (QED) is 0.906. The largest absolute Gasteiger partial charge is 0.322 e. The molecule has 0 aliphatic carbocycles. The van der Waals surface area contributed by atoms with Gasteiger partial charge in [0, 0.05) is 25.6 Å². The molecule has 0 aromatic heterocycles. The zero-order chi connectivity index (χ0) is 18.5. The first-order chi connectivity index (χ1) is 12.5. The van der Waals surface area contributed by atoms with Crippen molar-refractivity contribution in [3.05, 3.63) is 59.7 Å². The number of hydrogen-bond acceptors (Lipinski definition) is 3. The Labute approximate surface area is 151 Å². The van der Waals surface area contributed by atoms with Crippen LogP contribution in [0.5, 0.6) is 0 Å². The van der Waals surface area contributed by atoms with E-state index in [1.165, 1.54) is 9.80 Å². The number of carbonyl (C=O) groups is 3. The molecular weight excluding hydrogens is 330 g/mol. The van der Waals surface area contributed by atoms with Gasteiger partial charge in [-0.15, -0.1) is 0 Å². The minimum absolute atomic E-state index is 0.156. The highest BCUT2D eigenvalue weighted by atomic mass is 16.2. The van der Waals surface area contributed by atoms with Crippen molar-refractivity contribution in [1.29, 1.82) is 0 Å².